The van der Waals surface area contributed by atoms with Crippen molar-refractivity contribution >= 4 is 5.71 Å². The molecule has 3 rings (SSSR count). The minimum atomic E-state index is 0.345. The third-order valence-corrected chi connectivity index (χ3v) is 5.50. The maximum Gasteiger partial charge on any atom is 0.0549 e. The molecule has 1 fully saturated rings. The molecule has 0 N–H and O–H groups in total. The molecule has 0 spiro atoms. The smallest absolute Gasteiger partial charge is 0.0549 e. The highest BCUT2D eigenvalue weighted by Gasteiger charge is 2.29. The second-order valence-corrected chi connectivity index (χ2v) is 7.31. The SMILES string of the molecule is C=C/C(=C\C)C1=CN=C2C(CC3CCCCC3)=CC=CC12.CCCC. The van der Waals surface area contributed by atoms with E-state index in [2.05, 4.69) is 51.7 Å². The standard InChI is InChI=1S/C20H25N.C4H10/c1-3-16(4-2)19-14-21-20-17(11-8-12-18(19)20)13-15-9-6-5-7-10-15;1-3-4-2/h3-4,8,11-12,14-15,18H,1,5-7,9-10,13H2,2H3;3-4H2,1-2H3/b16-4+;. The minimum absolute atomic E-state index is 0.345. The molecule has 25 heavy (non-hydrogen) atoms. The highest BCUT2D eigenvalue weighted by Crippen LogP contribution is 2.37. The Labute approximate surface area is 155 Å². The van der Waals surface area contributed by atoms with Gasteiger partial charge in [-0.05, 0) is 36.0 Å². The zero-order valence-electron chi connectivity index (χ0n) is 16.4. The van der Waals surface area contributed by atoms with Gasteiger partial charge in [-0.1, -0.05) is 95.8 Å². The number of nitrogens with zero attached hydrogens (tertiary/aromatic N) is 1. The van der Waals surface area contributed by atoms with E-state index in [1.54, 1.807) is 0 Å². The van der Waals surface area contributed by atoms with Gasteiger partial charge in [-0.25, -0.2) is 0 Å². The summed E-state index contributed by atoms with van der Waals surface area (Å²) in [4.78, 5) is 4.75. The summed E-state index contributed by atoms with van der Waals surface area (Å²) in [5.41, 5.74) is 5.25. The lowest BCUT2D eigenvalue weighted by Gasteiger charge is -2.26. The van der Waals surface area contributed by atoms with Gasteiger partial charge in [0.2, 0.25) is 0 Å². The molecule has 0 radical (unpaired) electrons. The van der Waals surface area contributed by atoms with Gasteiger partial charge in [0.1, 0.15) is 0 Å². The van der Waals surface area contributed by atoms with Crippen LogP contribution in [0.3, 0.4) is 0 Å². The zero-order valence-corrected chi connectivity index (χ0v) is 16.4. The molecule has 1 atom stereocenters. The molecule has 0 saturated heterocycles. The second-order valence-electron chi connectivity index (χ2n) is 7.31. The molecule has 136 valence electrons. The van der Waals surface area contributed by atoms with Crippen LogP contribution in [-0.4, -0.2) is 5.71 Å². The van der Waals surface area contributed by atoms with Gasteiger partial charge in [-0.15, -0.1) is 0 Å². The van der Waals surface area contributed by atoms with Crippen LogP contribution in [-0.2, 0) is 0 Å². The monoisotopic (exact) mass is 337 g/mol. The van der Waals surface area contributed by atoms with E-state index < -0.39 is 0 Å². The number of unbranched alkanes of at least 4 members (excludes halogenated alkanes) is 1. The van der Waals surface area contributed by atoms with E-state index >= 15 is 0 Å². The van der Waals surface area contributed by atoms with E-state index in [1.807, 2.05) is 12.3 Å². The van der Waals surface area contributed by atoms with E-state index in [4.69, 9.17) is 4.99 Å². The fourth-order valence-corrected chi connectivity index (χ4v) is 3.82. The van der Waals surface area contributed by atoms with E-state index in [0.29, 0.717) is 5.92 Å². The molecule has 0 aromatic rings. The lowest BCUT2D eigenvalue weighted by atomic mass is 9.78. The first-order valence-electron chi connectivity index (χ1n) is 10.2. The maximum absolute atomic E-state index is 4.75. The summed E-state index contributed by atoms with van der Waals surface area (Å²) in [6.45, 7) is 10.4. The van der Waals surface area contributed by atoms with Crippen molar-refractivity contribution in [1.29, 1.82) is 0 Å². The molecule has 1 nitrogen and oxygen atoms in total. The summed E-state index contributed by atoms with van der Waals surface area (Å²) >= 11 is 0. The van der Waals surface area contributed by atoms with Crippen LogP contribution in [0.4, 0.5) is 0 Å². The molecule has 3 aliphatic rings. The van der Waals surface area contributed by atoms with Gasteiger partial charge in [-0.2, -0.15) is 0 Å². The molecular formula is C24H35N. The lowest BCUT2D eigenvalue weighted by molar-refractivity contribution is 0.358. The first-order chi connectivity index (χ1) is 12.2. The van der Waals surface area contributed by atoms with Crippen molar-refractivity contribution in [1.82, 2.24) is 0 Å². The average Bonchev–Trinajstić information content (AvgIpc) is 3.09. The first-order valence-corrected chi connectivity index (χ1v) is 10.2. The van der Waals surface area contributed by atoms with Gasteiger partial charge in [0.05, 0.1) is 5.71 Å². The van der Waals surface area contributed by atoms with Crippen LogP contribution in [0.5, 0.6) is 0 Å². The van der Waals surface area contributed by atoms with Gasteiger partial charge in [0, 0.05) is 12.1 Å². The Bertz CT molecular complexity index is 590. The van der Waals surface area contributed by atoms with Crippen LogP contribution < -0.4 is 0 Å². The predicted octanol–water partition coefficient (Wildman–Crippen LogP) is 7.35. The van der Waals surface area contributed by atoms with Crippen LogP contribution in [0.15, 0.2) is 64.9 Å². The van der Waals surface area contributed by atoms with Crippen LogP contribution in [0, 0.1) is 11.8 Å². The average molecular weight is 338 g/mol. The van der Waals surface area contributed by atoms with E-state index in [9.17, 15) is 0 Å². The highest BCUT2D eigenvalue weighted by molar-refractivity contribution is 6.08. The Morgan fingerprint density at radius 2 is 1.92 bits per heavy atom. The largest absolute Gasteiger partial charge is 0.260 e. The quantitative estimate of drug-likeness (QED) is 0.465. The van der Waals surface area contributed by atoms with Crippen molar-refractivity contribution < 1.29 is 0 Å². The topological polar surface area (TPSA) is 12.4 Å². The Hall–Kier alpha value is -1.63. The molecule has 0 amide bonds. The number of hydrogen-bond acceptors (Lipinski definition) is 1. The molecule has 1 heteroatoms. The van der Waals surface area contributed by atoms with E-state index in [1.165, 1.54) is 73.8 Å². The van der Waals surface area contributed by atoms with Gasteiger partial charge < -0.3 is 0 Å². The number of rotatable bonds is 5. The lowest BCUT2D eigenvalue weighted by Crippen LogP contribution is -2.19. The summed E-state index contributed by atoms with van der Waals surface area (Å²) in [5.74, 6) is 1.21. The Morgan fingerprint density at radius 3 is 2.52 bits per heavy atom. The predicted molar refractivity (Wildman–Crippen MR) is 112 cm³/mol. The third kappa shape index (κ3) is 5.17. The van der Waals surface area contributed by atoms with E-state index in [0.717, 1.165) is 5.92 Å². The molecule has 1 heterocycles. The molecule has 1 saturated carbocycles. The zero-order chi connectivity index (χ0) is 18.1. The summed E-state index contributed by atoms with van der Waals surface area (Å²) in [5, 5.41) is 0. The molecular weight excluding hydrogens is 302 g/mol. The van der Waals surface area contributed by atoms with Crippen molar-refractivity contribution in [2.24, 2.45) is 16.8 Å². The summed E-state index contributed by atoms with van der Waals surface area (Å²) in [6, 6.07) is 0. The molecule has 0 aromatic carbocycles. The number of hydrogen-bond donors (Lipinski definition) is 0. The van der Waals surface area contributed by atoms with Gasteiger partial charge in [0.25, 0.3) is 0 Å². The Kier molecular flexibility index (Phi) is 8.18. The van der Waals surface area contributed by atoms with Gasteiger partial charge >= 0.3 is 0 Å². The Balaban J connectivity index is 0.000000511. The van der Waals surface area contributed by atoms with Crippen molar-refractivity contribution in [3.8, 4) is 0 Å². The minimum Gasteiger partial charge on any atom is -0.260 e. The fraction of sp³-hybridized carbons (Fsp3) is 0.542. The fourth-order valence-electron chi connectivity index (χ4n) is 3.82. The summed E-state index contributed by atoms with van der Waals surface area (Å²) in [6.07, 6.45) is 23.8. The summed E-state index contributed by atoms with van der Waals surface area (Å²) in [7, 11) is 0. The summed E-state index contributed by atoms with van der Waals surface area (Å²) < 4.78 is 0. The second kappa shape index (κ2) is 10.4. The van der Waals surface area contributed by atoms with Crippen molar-refractivity contribution in [2.45, 2.75) is 72.1 Å². The molecule has 0 bridgehead atoms. The molecule has 1 aliphatic heterocycles. The first kappa shape index (κ1) is 19.7. The maximum atomic E-state index is 4.75. The van der Waals surface area contributed by atoms with Crippen LogP contribution in [0.2, 0.25) is 0 Å². The Morgan fingerprint density at radius 1 is 1.20 bits per heavy atom. The number of allylic oxidation sites excluding steroid dienone is 8. The van der Waals surface area contributed by atoms with Crippen molar-refractivity contribution in [3.63, 3.8) is 0 Å². The van der Waals surface area contributed by atoms with Gasteiger partial charge in [0.15, 0.2) is 0 Å². The van der Waals surface area contributed by atoms with Crippen LogP contribution in [0.25, 0.3) is 0 Å². The van der Waals surface area contributed by atoms with Crippen LogP contribution >= 0.6 is 0 Å². The molecule has 1 unspecified atom stereocenters. The number of aliphatic imine (C=N–C) groups is 1. The third-order valence-electron chi connectivity index (χ3n) is 5.50. The number of fused-ring (bicyclic) bond motifs is 1. The molecule has 0 aromatic heterocycles. The van der Waals surface area contributed by atoms with E-state index in [-0.39, 0.29) is 0 Å². The van der Waals surface area contributed by atoms with Crippen molar-refractivity contribution in [2.75, 3.05) is 0 Å². The normalized spacial score (nSPS) is 23.1. The van der Waals surface area contributed by atoms with Crippen LogP contribution in [0.1, 0.15) is 72.1 Å². The molecule has 2 aliphatic carbocycles. The van der Waals surface area contributed by atoms with Gasteiger partial charge in [-0.3, -0.25) is 4.99 Å². The van der Waals surface area contributed by atoms with Crippen molar-refractivity contribution in [3.05, 3.63) is 59.9 Å². The highest BCUT2D eigenvalue weighted by atomic mass is 14.8.